The number of fused-ring (bicyclic) bond motifs is 1. The average molecular weight is 354 g/mol. The summed E-state index contributed by atoms with van der Waals surface area (Å²) in [5.74, 6) is -1.69. The highest BCUT2D eigenvalue weighted by molar-refractivity contribution is 5.86. The van der Waals surface area contributed by atoms with Crippen LogP contribution < -0.4 is 5.32 Å². The molecular formula is C15H13F3N4O3. The van der Waals surface area contributed by atoms with E-state index in [2.05, 4.69) is 20.5 Å². The third-order valence-corrected chi connectivity index (χ3v) is 3.96. The lowest BCUT2D eigenvalue weighted by atomic mass is 9.99. The van der Waals surface area contributed by atoms with E-state index in [1.165, 1.54) is 31.3 Å². The van der Waals surface area contributed by atoms with E-state index in [0.717, 1.165) is 0 Å². The number of hydrogen-bond acceptors (Lipinski definition) is 4. The van der Waals surface area contributed by atoms with Crippen molar-refractivity contribution in [1.82, 2.24) is 10.3 Å². The summed E-state index contributed by atoms with van der Waals surface area (Å²) in [5.41, 5.74) is -1.65. The Bertz CT molecular complexity index is 882. The lowest BCUT2D eigenvalue weighted by molar-refractivity contribution is -0.166. The molecule has 1 aliphatic heterocycles. The fourth-order valence-electron chi connectivity index (χ4n) is 2.68. The molecule has 1 amide bonds. The number of carbonyl (C=O) groups is 2. The lowest BCUT2D eigenvalue weighted by Gasteiger charge is -2.15. The monoisotopic (exact) mass is 354 g/mol. The second-order valence-corrected chi connectivity index (χ2v) is 5.74. The van der Waals surface area contributed by atoms with E-state index in [1.807, 2.05) is 0 Å². The van der Waals surface area contributed by atoms with Crippen molar-refractivity contribution in [3.8, 4) is 0 Å². The van der Waals surface area contributed by atoms with E-state index in [4.69, 9.17) is 5.11 Å². The van der Waals surface area contributed by atoms with Gasteiger partial charge >= 0.3 is 17.8 Å². The Labute approximate surface area is 138 Å². The Kier molecular flexibility index (Phi) is 3.77. The van der Waals surface area contributed by atoms with Gasteiger partial charge in [-0.3, -0.25) is 4.79 Å². The molecule has 7 nitrogen and oxygen atoms in total. The van der Waals surface area contributed by atoms with Gasteiger partial charge in [0.25, 0.3) is 0 Å². The Morgan fingerprint density at radius 2 is 2.04 bits per heavy atom. The molecule has 1 aliphatic rings. The molecule has 3 N–H and O–H groups in total. The summed E-state index contributed by atoms with van der Waals surface area (Å²) < 4.78 is 39.2. The molecule has 25 heavy (non-hydrogen) atoms. The van der Waals surface area contributed by atoms with Crippen LogP contribution in [0.5, 0.6) is 0 Å². The Balaban J connectivity index is 1.91. The molecule has 10 heteroatoms. The van der Waals surface area contributed by atoms with E-state index in [-0.39, 0.29) is 12.0 Å². The van der Waals surface area contributed by atoms with Crippen molar-refractivity contribution in [2.24, 2.45) is 10.2 Å². The van der Waals surface area contributed by atoms with Gasteiger partial charge in [0.05, 0.1) is 0 Å². The molecule has 1 aromatic heterocycles. The predicted octanol–water partition coefficient (Wildman–Crippen LogP) is 2.48. The van der Waals surface area contributed by atoms with Crippen molar-refractivity contribution in [3.05, 3.63) is 35.5 Å². The first-order valence-corrected chi connectivity index (χ1v) is 7.25. The molecule has 0 fully saturated rings. The van der Waals surface area contributed by atoms with E-state index in [0.29, 0.717) is 16.5 Å². The molecule has 0 spiro atoms. The number of nitrogens with one attached hydrogen (secondary N) is 2. The summed E-state index contributed by atoms with van der Waals surface area (Å²) in [7, 11) is 0. The number of halogens is 3. The van der Waals surface area contributed by atoms with Crippen LogP contribution >= 0.6 is 0 Å². The minimum atomic E-state index is -4.62. The summed E-state index contributed by atoms with van der Waals surface area (Å²) in [6.45, 7) is 1.21. The number of carbonyl (C=O) groups excluding carboxylic acids is 1. The SMILES string of the molecule is CC(=O)NC(Cc1c[nH]c2cc(C3(C(F)(F)F)N=N3)ccc12)C(=O)O. The van der Waals surface area contributed by atoms with Gasteiger partial charge in [-0.25, -0.2) is 4.79 Å². The summed E-state index contributed by atoms with van der Waals surface area (Å²) in [6, 6.07) is 2.88. The summed E-state index contributed by atoms with van der Waals surface area (Å²) in [6.07, 6.45) is -3.11. The average Bonchev–Trinajstić information content (AvgIpc) is 3.24. The van der Waals surface area contributed by atoms with Gasteiger partial charge in [-0.05, 0) is 11.6 Å². The van der Waals surface area contributed by atoms with Crippen molar-refractivity contribution in [2.75, 3.05) is 0 Å². The first kappa shape index (κ1) is 16.9. The van der Waals surface area contributed by atoms with Gasteiger partial charge in [0.15, 0.2) is 0 Å². The molecule has 2 heterocycles. The number of nitrogens with zero attached hydrogens (tertiary/aromatic N) is 2. The third-order valence-electron chi connectivity index (χ3n) is 3.96. The van der Waals surface area contributed by atoms with Gasteiger partial charge in [0, 0.05) is 36.0 Å². The van der Waals surface area contributed by atoms with E-state index in [9.17, 15) is 22.8 Å². The lowest BCUT2D eigenvalue weighted by Crippen LogP contribution is -2.41. The maximum atomic E-state index is 13.1. The summed E-state index contributed by atoms with van der Waals surface area (Å²) in [4.78, 5) is 25.1. The van der Waals surface area contributed by atoms with Crippen molar-refractivity contribution in [1.29, 1.82) is 0 Å². The second-order valence-electron chi connectivity index (χ2n) is 5.74. The fourth-order valence-corrected chi connectivity index (χ4v) is 2.68. The first-order valence-electron chi connectivity index (χ1n) is 7.25. The first-order chi connectivity index (χ1) is 11.6. The maximum absolute atomic E-state index is 13.1. The zero-order valence-corrected chi connectivity index (χ0v) is 12.9. The van der Waals surface area contributed by atoms with E-state index >= 15 is 0 Å². The number of aromatic nitrogens is 1. The smallest absolute Gasteiger partial charge is 0.442 e. The minimum Gasteiger partial charge on any atom is -0.480 e. The highest BCUT2D eigenvalue weighted by atomic mass is 19.4. The molecular weight excluding hydrogens is 341 g/mol. The zero-order valence-electron chi connectivity index (χ0n) is 12.9. The normalized spacial score (nSPS) is 16.6. The van der Waals surface area contributed by atoms with Gasteiger partial charge in [0.2, 0.25) is 5.91 Å². The van der Waals surface area contributed by atoms with Crippen LogP contribution in [0.1, 0.15) is 18.1 Å². The number of amides is 1. The molecule has 0 radical (unpaired) electrons. The van der Waals surface area contributed by atoms with Crippen molar-refractivity contribution < 1.29 is 27.9 Å². The van der Waals surface area contributed by atoms with Gasteiger partial charge in [-0.1, -0.05) is 12.1 Å². The van der Waals surface area contributed by atoms with Crippen LogP contribution in [0.2, 0.25) is 0 Å². The fraction of sp³-hybridized carbons (Fsp3) is 0.333. The molecule has 2 aromatic rings. The zero-order chi connectivity index (χ0) is 18.4. The van der Waals surface area contributed by atoms with Crippen molar-refractivity contribution >= 4 is 22.8 Å². The van der Waals surface area contributed by atoms with Gasteiger partial charge in [-0.2, -0.15) is 13.2 Å². The quantitative estimate of drug-likeness (QED) is 0.768. The molecule has 1 aromatic carbocycles. The number of aliphatic carboxylic acids is 1. The number of alkyl halides is 3. The standard InChI is InChI=1S/C15H13F3N4O3/c1-7(23)20-12(13(24)25)4-8-6-19-11-5-9(2-3-10(8)11)14(21-22-14)15(16,17)18/h2-3,5-6,12,19H,4H2,1H3,(H,20,23)(H,24,25). The van der Waals surface area contributed by atoms with Crippen LogP contribution in [0.25, 0.3) is 10.9 Å². The van der Waals surface area contributed by atoms with Crippen LogP contribution in [-0.4, -0.2) is 34.2 Å². The second kappa shape index (κ2) is 5.57. The summed E-state index contributed by atoms with van der Waals surface area (Å²) in [5, 5.41) is 18.4. The minimum absolute atomic E-state index is 0.00652. The number of H-pyrrole nitrogens is 1. The predicted molar refractivity (Wildman–Crippen MR) is 79.8 cm³/mol. The summed E-state index contributed by atoms with van der Waals surface area (Å²) >= 11 is 0. The van der Waals surface area contributed by atoms with Crippen molar-refractivity contribution in [2.45, 2.75) is 31.2 Å². The Morgan fingerprint density at radius 3 is 2.56 bits per heavy atom. The number of hydrogen-bond donors (Lipinski definition) is 3. The molecule has 3 rings (SSSR count). The topological polar surface area (TPSA) is 107 Å². The van der Waals surface area contributed by atoms with E-state index in [1.54, 1.807) is 0 Å². The van der Waals surface area contributed by atoms with Crippen LogP contribution in [0, 0.1) is 0 Å². The largest absolute Gasteiger partial charge is 0.480 e. The van der Waals surface area contributed by atoms with Gasteiger partial charge in [0.1, 0.15) is 6.04 Å². The van der Waals surface area contributed by atoms with Crippen LogP contribution in [0.3, 0.4) is 0 Å². The third kappa shape index (κ3) is 2.94. The molecule has 0 saturated carbocycles. The molecule has 0 bridgehead atoms. The number of carboxylic acids is 1. The van der Waals surface area contributed by atoms with E-state index < -0.39 is 29.8 Å². The molecule has 132 valence electrons. The Hall–Kier alpha value is -2.91. The van der Waals surface area contributed by atoms with Crippen molar-refractivity contribution in [3.63, 3.8) is 0 Å². The van der Waals surface area contributed by atoms with Crippen LogP contribution in [-0.2, 0) is 21.7 Å². The number of aromatic amines is 1. The molecule has 0 saturated heterocycles. The molecule has 1 atom stereocenters. The highest BCUT2D eigenvalue weighted by Crippen LogP contribution is 2.52. The number of carboxylic acid groups (broad SMARTS) is 1. The maximum Gasteiger partial charge on any atom is 0.442 e. The number of benzene rings is 1. The van der Waals surface area contributed by atoms with Gasteiger partial charge in [-0.15, -0.1) is 10.2 Å². The number of rotatable bonds is 5. The van der Waals surface area contributed by atoms with Crippen LogP contribution in [0.15, 0.2) is 34.6 Å². The van der Waals surface area contributed by atoms with Gasteiger partial charge < -0.3 is 15.4 Å². The highest BCUT2D eigenvalue weighted by Gasteiger charge is 2.65. The molecule has 0 aliphatic carbocycles. The van der Waals surface area contributed by atoms with Crippen LogP contribution in [0.4, 0.5) is 13.2 Å². The molecule has 1 unspecified atom stereocenters. The Morgan fingerprint density at radius 1 is 1.36 bits per heavy atom.